The maximum Gasteiger partial charge on any atom is 0.322 e. The van der Waals surface area contributed by atoms with Crippen molar-refractivity contribution in [3.05, 3.63) is 107 Å². The zero-order valence-electron chi connectivity index (χ0n) is 22.1. The molecule has 0 saturated carbocycles. The minimum absolute atomic E-state index is 0.0807. The van der Waals surface area contributed by atoms with Crippen molar-refractivity contribution in [3.8, 4) is 0 Å². The molecule has 40 heavy (non-hydrogen) atoms. The molecular weight excluding hydrogens is 532 g/mol. The third-order valence-electron chi connectivity index (χ3n) is 8.11. The van der Waals surface area contributed by atoms with Gasteiger partial charge in [-0.3, -0.25) is 19.2 Å². The Balaban J connectivity index is 1.73. The van der Waals surface area contributed by atoms with Crippen molar-refractivity contribution >= 4 is 35.4 Å². The Bertz CT molecular complexity index is 1400. The molecule has 2 fully saturated rings. The fourth-order valence-electron chi connectivity index (χ4n) is 6.30. The molecule has 206 valence electrons. The molecule has 5 rings (SSSR count). The van der Waals surface area contributed by atoms with Crippen LogP contribution in [0.15, 0.2) is 84.9 Å². The first-order chi connectivity index (χ1) is 19.3. The number of carbonyl (C=O) groups is 4. The molecule has 8 nitrogen and oxygen atoms in total. The normalized spacial score (nSPS) is 22.9. The van der Waals surface area contributed by atoms with E-state index >= 15 is 0 Å². The lowest BCUT2D eigenvalue weighted by Gasteiger charge is -2.34. The number of amides is 2. The number of esters is 2. The average Bonchev–Trinajstić information content (AvgIpc) is 3.49. The Labute approximate surface area is 237 Å². The SMILES string of the molecule is COC(=O)C(C(=O)OC)C(c1ccc(Cl)cc1)N1CC(c2ccccc2)C2(C(=O)NCC2c2ccccc2)C1=O. The number of likely N-dealkylation sites (tertiary alicyclic amines) is 1. The number of carbonyl (C=O) groups excluding carboxylic acids is 4. The van der Waals surface area contributed by atoms with Gasteiger partial charge >= 0.3 is 11.9 Å². The molecule has 4 unspecified atom stereocenters. The van der Waals surface area contributed by atoms with E-state index in [2.05, 4.69) is 5.32 Å². The van der Waals surface area contributed by atoms with Gasteiger partial charge in [0.25, 0.3) is 0 Å². The van der Waals surface area contributed by atoms with E-state index in [-0.39, 0.29) is 19.0 Å². The molecule has 2 saturated heterocycles. The molecule has 4 atom stereocenters. The Hall–Kier alpha value is -4.17. The number of halogens is 1. The van der Waals surface area contributed by atoms with Crippen LogP contribution in [0.2, 0.25) is 5.02 Å². The maximum atomic E-state index is 14.9. The van der Waals surface area contributed by atoms with Gasteiger partial charge in [-0.15, -0.1) is 0 Å². The van der Waals surface area contributed by atoms with E-state index < -0.39 is 47.1 Å². The van der Waals surface area contributed by atoms with Gasteiger partial charge < -0.3 is 19.7 Å². The molecule has 0 aliphatic carbocycles. The number of nitrogens with one attached hydrogen (secondary N) is 1. The molecule has 9 heteroatoms. The van der Waals surface area contributed by atoms with Crippen LogP contribution in [0.5, 0.6) is 0 Å². The van der Waals surface area contributed by atoms with Crippen LogP contribution in [0.3, 0.4) is 0 Å². The summed E-state index contributed by atoms with van der Waals surface area (Å²) < 4.78 is 10.0. The van der Waals surface area contributed by atoms with E-state index in [0.717, 1.165) is 11.1 Å². The van der Waals surface area contributed by atoms with Crippen molar-refractivity contribution in [2.75, 3.05) is 27.3 Å². The maximum absolute atomic E-state index is 14.9. The van der Waals surface area contributed by atoms with Gasteiger partial charge in [-0.1, -0.05) is 84.4 Å². The van der Waals surface area contributed by atoms with Gasteiger partial charge in [-0.05, 0) is 28.8 Å². The zero-order valence-corrected chi connectivity index (χ0v) is 22.8. The highest BCUT2D eigenvalue weighted by Crippen LogP contribution is 2.57. The van der Waals surface area contributed by atoms with E-state index in [4.69, 9.17) is 21.1 Å². The Morgan fingerprint density at radius 1 is 0.850 bits per heavy atom. The first-order valence-corrected chi connectivity index (χ1v) is 13.3. The number of nitrogens with zero attached hydrogens (tertiary/aromatic N) is 1. The lowest BCUT2D eigenvalue weighted by Crippen LogP contribution is -2.48. The minimum Gasteiger partial charge on any atom is -0.468 e. The van der Waals surface area contributed by atoms with E-state index in [9.17, 15) is 19.2 Å². The molecular formula is C31H29ClN2O6. The molecule has 0 bridgehead atoms. The highest BCUT2D eigenvalue weighted by Gasteiger charge is 2.68. The predicted molar refractivity (Wildman–Crippen MR) is 147 cm³/mol. The molecule has 1 spiro atoms. The second-order valence-electron chi connectivity index (χ2n) is 9.98. The van der Waals surface area contributed by atoms with Crippen LogP contribution in [-0.4, -0.2) is 56.0 Å². The fourth-order valence-corrected chi connectivity index (χ4v) is 6.42. The average molecular weight is 561 g/mol. The number of benzene rings is 3. The van der Waals surface area contributed by atoms with Crippen LogP contribution < -0.4 is 5.32 Å². The largest absolute Gasteiger partial charge is 0.468 e. The summed E-state index contributed by atoms with van der Waals surface area (Å²) >= 11 is 6.15. The van der Waals surface area contributed by atoms with Crippen LogP contribution in [0.25, 0.3) is 0 Å². The molecule has 1 N–H and O–H groups in total. The Kier molecular flexibility index (Phi) is 7.63. The molecule has 3 aromatic carbocycles. The first-order valence-electron chi connectivity index (χ1n) is 12.9. The van der Waals surface area contributed by atoms with Gasteiger partial charge in [0, 0.05) is 29.9 Å². The number of ether oxygens (including phenoxy) is 2. The zero-order chi connectivity index (χ0) is 28.4. The summed E-state index contributed by atoms with van der Waals surface area (Å²) in [7, 11) is 2.35. The molecule has 3 aromatic rings. The van der Waals surface area contributed by atoms with Crippen molar-refractivity contribution in [3.63, 3.8) is 0 Å². The van der Waals surface area contributed by atoms with Crippen LogP contribution in [0.4, 0.5) is 0 Å². The Morgan fingerprint density at radius 3 is 1.90 bits per heavy atom. The topological polar surface area (TPSA) is 102 Å². The number of hydrogen-bond donors (Lipinski definition) is 1. The molecule has 2 aliphatic heterocycles. The van der Waals surface area contributed by atoms with E-state index in [0.29, 0.717) is 10.6 Å². The van der Waals surface area contributed by atoms with Gasteiger partial charge in [0.1, 0.15) is 5.41 Å². The van der Waals surface area contributed by atoms with Crippen molar-refractivity contribution in [1.29, 1.82) is 0 Å². The highest BCUT2D eigenvalue weighted by molar-refractivity contribution is 6.30. The van der Waals surface area contributed by atoms with Gasteiger partial charge in [0.2, 0.25) is 11.8 Å². The van der Waals surface area contributed by atoms with Crippen molar-refractivity contribution in [2.24, 2.45) is 11.3 Å². The van der Waals surface area contributed by atoms with Crippen molar-refractivity contribution < 1.29 is 28.7 Å². The standard InChI is InChI=1S/C31H29ClN2O6/c1-39-27(35)25(28(36)40-2)26(21-13-15-22(32)16-14-21)34-18-24(20-11-7-4-8-12-20)31(30(34)38)23(17-33-29(31)37)19-9-5-3-6-10-19/h3-16,23-26H,17-18H2,1-2H3,(H,33,37). The molecule has 2 heterocycles. The van der Waals surface area contributed by atoms with Crippen molar-refractivity contribution in [1.82, 2.24) is 10.2 Å². The molecule has 2 aliphatic rings. The van der Waals surface area contributed by atoms with Crippen LogP contribution >= 0.6 is 11.6 Å². The second kappa shape index (κ2) is 11.1. The summed E-state index contributed by atoms with van der Waals surface area (Å²) in [6.45, 7) is 0.353. The lowest BCUT2D eigenvalue weighted by atomic mass is 9.65. The van der Waals surface area contributed by atoms with Crippen molar-refractivity contribution in [2.45, 2.75) is 17.9 Å². The van der Waals surface area contributed by atoms with E-state index in [1.165, 1.54) is 19.1 Å². The van der Waals surface area contributed by atoms with E-state index in [1.807, 2.05) is 60.7 Å². The Morgan fingerprint density at radius 2 is 1.38 bits per heavy atom. The molecule has 0 aromatic heterocycles. The lowest BCUT2D eigenvalue weighted by molar-refractivity contribution is -0.163. The summed E-state index contributed by atoms with van der Waals surface area (Å²) in [6, 6.07) is 24.3. The number of hydrogen-bond acceptors (Lipinski definition) is 6. The first kappa shape index (κ1) is 27.4. The number of methoxy groups -OCH3 is 2. The minimum atomic E-state index is -1.51. The number of rotatable bonds is 7. The summed E-state index contributed by atoms with van der Waals surface area (Å²) in [5, 5.41) is 3.39. The quantitative estimate of drug-likeness (QED) is 0.348. The summed E-state index contributed by atoms with van der Waals surface area (Å²) in [5.74, 6) is -5.11. The van der Waals surface area contributed by atoms with Gasteiger partial charge in [-0.2, -0.15) is 0 Å². The van der Waals surface area contributed by atoms with Crippen LogP contribution in [-0.2, 0) is 28.7 Å². The van der Waals surface area contributed by atoms with Gasteiger partial charge in [0.05, 0.1) is 20.3 Å². The second-order valence-corrected chi connectivity index (χ2v) is 10.4. The summed E-state index contributed by atoms with van der Waals surface area (Å²) in [5.41, 5.74) is 0.623. The third-order valence-corrected chi connectivity index (χ3v) is 8.36. The van der Waals surface area contributed by atoms with Crippen LogP contribution in [0.1, 0.15) is 34.6 Å². The summed E-state index contributed by atoms with van der Waals surface area (Å²) in [6.07, 6.45) is 0. The van der Waals surface area contributed by atoms with Gasteiger partial charge in [0.15, 0.2) is 5.92 Å². The molecule has 0 radical (unpaired) electrons. The smallest absolute Gasteiger partial charge is 0.322 e. The highest BCUT2D eigenvalue weighted by atomic mass is 35.5. The van der Waals surface area contributed by atoms with Gasteiger partial charge in [-0.25, -0.2) is 0 Å². The van der Waals surface area contributed by atoms with E-state index in [1.54, 1.807) is 24.3 Å². The predicted octanol–water partition coefficient (Wildman–Crippen LogP) is 3.87. The third kappa shape index (κ3) is 4.42. The summed E-state index contributed by atoms with van der Waals surface area (Å²) in [4.78, 5) is 56.4. The monoisotopic (exact) mass is 560 g/mol. The van der Waals surface area contributed by atoms with Crippen LogP contribution in [0, 0.1) is 11.3 Å². The fraction of sp³-hybridized carbons (Fsp3) is 0.290. The molecule has 2 amide bonds.